The molecule has 0 spiro atoms. The molecule has 0 saturated heterocycles. The second-order valence-corrected chi connectivity index (χ2v) is 4.78. The summed E-state index contributed by atoms with van der Waals surface area (Å²) in [5.41, 5.74) is 6.24. The van der Waals surface area contributed by atoms with Crippen molar-refractivity contribution in [2.75, 3.05) is 6.61 Å². The van der Waals surface area contributed by atoms with Gasteiger partial charge in [-0.25, -0.2) is 0 Å². The summed E-state index contributed by atoms with van der Waals surface area (Å²) in [6, 6.07) is 5.36. The Morgan fingerprint density at radius 1 is 1.29 bits per heavy atom. The summed E-state index contributed by atoms with van der Waals surface area (Å²) >= 11 is 0.704. The first-order valence-electron chi connectivity index (χ1n) is 4.89. The summed E-state index contributed by atoms with van der Waals surface area (Å²) in [6.07, 6.45) is -4.32. The molecule has 2 rings (SSSR count). The van der Waals surface area contributed by atoms with Crippen LogP contribution in [0.4, 0.5) is 13.2 Å². The van der Waals surface area contributed by atoms with Crippen LogP contribution in [0.1, 0.15) is 16.5 Å². The number of fused-ring (bicyclic) bond motifs is 1. The van der Waals surface area contributed by atoms with Crippen LogP contribution >= 0.6 is 11.3 Å². The summed E-state index contributed by atoms with van der Waals surface area (Å²) in [4.78, 5) is -0.623. The maximum absolute atomic E-state index is 12.5. The van der Waals surface area contributed by atoms with Crippen molar-refractivity contribution in [3.63, 3.8) is 0 Å². The zero-order chi connectivity index (χ0) is 12.6. The van der Waals surface area contributed by atoms with Crippen LogP contribution in [0.5, 0.6) is 0 Å². The highest BCUT2D eigenvalue weighted by atomic mass is 32.1. The van der Waals surface area contributed by atoms with E-state index in [1.807, 2.05) is 0 Å². The Kier molecular flexibility index (Phi) is 3.11. The molecule has 17 heavy (non-hydrogen) atoms. The van der Waals surface area contributed by atoms with Crippen molar-refractivity contribution in [1.29, 1.82) is 0 Å². The Bertz CT molecular complexity index is 535. The molecule has 0 fully saturated rings. The number of benzene rings is 1. The number of thiophene rings is 1. The van der Waals surface area contributed by atoms with Crippen molar-refractivity contribution in [3.8, 4) is 0 Å². The predicted octanol–water partition coefficient (Wildman–Crippen LogP) is 2.91. The summed E-state index contributed by atoms with van der Waals surface area (Å²) in [5.74, 6) is 0. The normalized spacial score (nSPS) is 14.2. The molecule has 0 radical (unpaired) electrons. The molecule has 1 unspecified atom stereocenters. The monoisotopic (exact) mass is 261 g/mol. The number of halogens is 3. The second kappa shape index (κ2) is 4.29. The second-order valence-electron chi connectivity index (χ2n) is 3.69. The van der Waals surface area contributed by atoms with Gasteiger partial charge in [0.25, 0.3) is 0 Å². The molecule has 1 heterocycles. The van der Waals surface area contributed by atoms with E-state index in [4.69, 9.17) is 10.8 Å². The highest BCUT2D eigenvalue weighted by Crippen LogP contribution is 2.38. The average Bonchev–Trinajstić information content (AvgIpc) is 2.70. The number of aliphatic hydroxyl groups is 1. The Balaban J connectivity index is 2.48. The highest BCUT2D eigenvalue weighted by Gasteiger charge is 2.32. The first-order chi connectivity index (χ1) is 7.91. The zero-order valence-corrected chi connectivity index (χ0v) is 9.48. The van der Waals surface area contributed by atoms with Crippen LogP contribution in [-0.2, 0) is 6.18 Å². The van der Waals surface area contributed by atoms with Gasteiger partial charge in [0.2, 0.25) is 0 Å². The van der Waals surface area contributed by atoms with Crippen LogP contribution in [0.2, 0.25) is 0 Å². The number of rotatable bonds is 2. The Morgan fingerprint density at radius 3 is 2.59 bits per heavy atom. The fourth-order valence-corrected chi connectivity index (χ4v) is 2.45. The summed E-state index contributed by atoms with van der Waals surface area (Å²) in [5, 5.41) is 9.40. The largest absolute Gasteiger partial charge is 0.425 e. The minimum Gasteiger partial charge on any atom is -0.394 e. The van der Waals surface area contributed by atoms with Gasteiger partial charge in [0.1, 0.15) is 4.88 Å². The number of hydrogen-bond donors (Lipinski definition) is 2. The Labute approximate surface area is 99.5 Å². The fraction of sp³-hybridized carbons (Fsp3) is 0.273. The van der Waals surface area contributed by atoms with E-state index in [2.05, 4.69) is 0 Å². The molecule has 0 aliphatic rings. The minimum absolute atomic E-state index is 0.234. The summed E-state index contributed by atoms with van der Waals surface area (Å²) in [6.45, 7) is -0.234. The van der Waals surface area contributed by atoms with Crippen LogP contribution in [0.15, 0.2) is 24.3 Å². The smallest absolute Gasteiger partial charge is 0.394 e. The quantitative estimate of drug-likeness (QED) is 0.873. The third kappa shape index (κ3) is 2.43. The van der Waals surface area contributed by atoms with Crippen molar-refractivity contribution in [3.05, 3.63) is 34.7 Å². The number of alkyl halides is 3. The molecule has 0 amide bonds. The van der Waals surface area contributed by atoms with Crippen LogP contribution in [0, 0.1) is 0 Å². The maximum Gasteiger partial charge on any atom is 0.425 e. The first-order valence-corrected chi connectivity index (χ1v) is 5.70. The number of nitrogens with two attached hydrogens (primary N) is 1. The van der Waals surface area contributed by atoms with Gasteiger partial charge in [-0.15, -0.1) is 11.3 Å². The molecule has 2 nitrogen and oxygen atoms in total. The van der Waals surface area contributed by atoms with Crippen LogP contribution in [-0.4, -0.2) is 11.7 Å². The lowest BCUT2D eigenvalue weighted by molar-refractivity contribution is -0.134. The van der Waals surface area contributed by atoms with E-state index in [1.54, 1.807) is 18.2 Å². The molecule has 92 valence electrons. The van der Waals surface area contributed by atoms with Crippen molar-refractivity contribution in [2.45, 2.75) is 12.2 Å². The zero-order valence-electron chi connectivity index (χ0n) is 8.66. The van der Waals surface area contributed by atoms with Gasteiger partial charge in [0.15, 0.2) is 0 Å². The van der Waals surface area contributed by atoms with E-state index in [-0.39, 0.29) is 6.61 Å². The van der Waals surface area contributed by atoms with E-state index in [0.717, 1.165) is 6.07 Å². The lowest BCUT2D eigenvalue weighted by atomic mass is 10.1. The molecule has 1 aromatic heterocycles. The van der Waals surface area contributed by atoms with E-state index in [1.165, 1.54) is 0 Å². The maximum atomic E-state index is 12.5. The molecule has 1 atom stereocenters. The lowest BCUT2D eigenvalue weighted by Gasteiger charge is -2.07. The van der Waals surface area contributed by atoms with Crippen molar-refractivity contribution < 1.29 is 18.3 Å². The topological polar surface area (TPSA) is 46.2 Å². The van der Waals surface area contributed by atoms with Gasteiger partial charge in [-0.3, -0.25) is 0 Å². The Morgan fingerprint density at radius 2 is 2.00 bits per heavy atom. The Hall–Kier alpha value is -1.11. The molecule has 1 aromatic carbocycles. The predicted molar refractivity (Wildman–Crippen MR) is 60.8 cm³/mol. The molecule has 0 aliphatic carbocycles. The van der Waals surface area contributed by atoms with Gasteiger partial charge in [0, 0.05) is 4.70 Å². The van der Waals surface area contributed by atoms with Gasteiger partial charge in [-0.2, -0.15) is 13.2 Å². The highest BCUT2D eigenvalue weighted by molar-refractivity contribution is 7.19. The molecule has 0 saturated carbocycles. The van der Waals surface area contributed by atoms with Crippen LogP contribution < -0.4 is 5.73 Å². The third-order valence-electron chi connectivity index (χ3n) is 2.44. The van der Waals surface area contributed by atoms with Crippen molar-refractivity contribution >= 4 is 21.4 Å². The van der Waals surface area contributed by atoms with Gasteiger partial charge in [0.05, 0.1) is 12.6 Å². The van der Waals surface area contributed by atoms with E-state index < -0.39 is 17.1 Å². The molecular formula is C11H10F3NOS. The fourth-order valence-electron chi connectivity index (χ4n) is 1.54. The van der Waals surface area contributed by atoms with Gasteiger partial charge in [-0.05, 0) is 29.1 Å². The first kappa shape index (κ1) is 12.3. The van der Waals surface area contributed by atoms with Crippen molar-refractivity contribution in [1.82, 2.24) is 0 Å². The molecular weight excluding hydrogens is 251 g/mol. The summed E-state index contributed by atoms with van der Waals surface area (Å²) in [7, 11) is 0. The van der Waals surface area contributed by atoms with Gasteiger partial charge in [-0.1, -0.05) is 6.07 Å². The van der Waals surface area contributed by atoms with Gasteiger partial charge < -0.3 is 10.8 Å². The van der Waals surface area contributed by atoms with E-state index >= 15 is 0 Å². The average molecular weight is 261 g/mol. The van der Waals surface area contributed by atoms with Crippen LogP contribution in [0.3, 0.4) is 0 Å². The van der Waals surface area contributed by atoms with Crippen LogP contribution in [0.25, 0.3) is 10.1 Å². The lowest BCUT2D eigenvalue weighted by Crippen LogP contribution is -2.13. The number of hydrogen-bond acceptors (Lipinski definition) is 3. The van der Waals surface area contributed by atoms with Crippen molar-refractivity contribution in [2.24, 2.45) is 5.73 Å². The standard InChI is InChI=1S/C11H10F3NOS/c12-11(13,14)10-4-7-3-6(8(15)5-16)1-2-9(7)17-10/h1-4,8,16H,5,15H2. The third-order valence-corrected chi connectivity index (χ3v) is 3.61. The molecule has 6 heteroatoms. The van der Waals surface area contributed by atoms with Gasteiger partial charge >= 0.3 is 6.18 Å². The SMILES string of the molecule is NC(CO)c1ccc2sc(C(F)(F)F)cc2c1. The molecule has 3 N–H and O–H groups in total. The summed E-state index contributed by atoms with van der Waals surface area (Å²) < 4.78 is 38.1. The minimum atomic E-state index is -4.32. The van der Waals surface area contributed by atoms with E-state index in [9.17, 15) is 13.2 Å². The molecule has 0 aliphatic heterocycles. The van der Waals surface area contributed by atoms with E-state index in [0.29, 0.717) is 27.0 Å². The molecule has 0 bridgehead atoms. The number of aliphatic hydroxyl groups excluding tert-OH is 1. The molecule has 2 aromatic rings.